The summed E-state index contributed by atoms with van der Waals surface area (Å²) in [5.41, 5.74) is 2.07. The van der Waals surface area contributed by atoms with Gasteiger partial charge in [-0.15, -0.1) is 12.4 Å². The van der Waals surface area contributed by atoms with Crippen LogP contribution in [-0.2, 0) is 4.79 Å². The lowest BCUT2D eigenvalue weighted by Crippen LogP contribution is -2.43. The predicted molar refractivity (Wildman–Crippen MR) is 86.1 cm³/mol. The van der Waals surface area contributed by atoms with E-state index >= 15 is 0 Å². The number of carbonyl (C=O) groups is 2. The highest BCUT2D eigenvalue weighted by atomic mass is 35.5. The van der Waals surface area contributed by atoms with E-state index in [1.807, 2.05) is 13.0 Å². The Morgan fingerprint density at radius 2 is 2.05 bits per heavy atom. The van der Waals surface area contributed by atoms with E-state index in [0.29, 0.717) is 11.3 Å². The molecule has 2 amide bonds. The van der Waals surface area contributed by atoms with Gasteiger partial charge >= 0.3 is 0 Å². The molecule has 0 saturated carbocycles. The van der Waals surface area contributed by atoms with Crippen LogP contribution in [0.5, 0.6) is 0 Å². The first-order valence-corrected chi connectivity index (χ1v) is 6.99. The van der Waals surface area contributed by atoms with Crippen LogP contribution in [0.4, 0.5) is 5.69 Å². The molecule has 1 aliphatic heterocycles. The van der Waals surface area contributed by atoms with Crippen LogP contribution in [-0.4, -0.2) is 31.4 Å². The third-order valence-electron chi connectivity index (χ3n) is 3.69. The number of anilines is 1. The Kier molecular flexibility index (Phi) is 6.65. The maximum absolute atomic E-state index is 12.2. The average molecular weight is 312 g/mol. The fourth-order valence-corrected chi connectivity index (χ4v) is 2.45. The first-order valence-electron chi connectivity index (χ1n) is 6.99. The Hall–Kier alpha value is -1.59. The molecule has 1 aromatic carbocycles. The van der Waals surface area contributed by atoms with Gasteiger partial charge in [0.15, 0.2) is 0 Å². The second kappa shape index (κ2) is 8.00. The van der Waals surface area contributed by atoms with Crippen molar-refractivity contribution in [2.24, 2.45) is 0 Å². The van der Waals surface area contributed by atoms with Gasteiger partial charge in [-0.25, -0.2) is 0 Å². The van der Waals surface area contributed by atoms with E-state index in [9.17, 15) is 9.59 Å². The highest BCUT2D eigenvalue weighted by Gasteiger charge is 2.21. The molecule has 1 aromatic rings. The van der Waals surface area contributed by atoms with Crippen molar-refractivity contribution in [1.82, 2.24) is 10.6 Å². The summed E-state index contributed by atoms with van der Waals surface area (Å²) < 4.78 is 0. The van der Waals surface area contributed by atoms with Crippen molar-refractivity contribution in [2.45, 2.75) is 32.2 Å². The highest BCUT2D eigenvalue weighted by molar-refractivity contribution is 6.00. The number of piperidine rings is 1. The molecule has 0 radical (unpaired) electrons. The monoisotopic (exact) mass is 311 g/mol. The Morgan fingerprint density at radius 1 is 1.29 bits per heavy atom. The number of nitrogens with one attached hydrogen (secondary N) is 3. The average Bonchev–Trinajstić information content (AvgIpc) is 2.49. The minimum Gasteiger partial charge on any atom is -0.355 e. The lowest BCUT2D eigenvalue weighted by molar-refractivity contribution is -0.118. The number of halogens is 1. The number of rotatable bonds is 3. The largest absolute Gasteiger partial charge is 0.355 e. The summed E-state index contributed by atoms with van der Waals surface area (Å²) in [5.74, 6) is -0.170. The van der Waals surface area contributed by atoms with Gasteiger partial charge in [0.25, 0.3) is 5.91 Å². The van der Waals surface area contributed by atoms with Crippen molar-refractivity contribution < 1.29 is 9.59 Å². The van der Waals surface area contributed by atoms with Gasteiger partial charge < -0.3 is 16.0 Å². The van der Waals surface area contributed by atoms with Crippen LogP contribution in [0.3, 0.4) is 0 Å². The molecule has 2 rings (SSSR count). The summed E-state index contributed by atoms with van der Waals surface area (Å²) in [5, 5.41) is 8.74. The van der Waals surface area contributed by atoms with Gasteiger partial charge in [0.05, 0.1) is 6.04 Å². The summed E-state index contributed by atoms with van der Waals surface area (Å²) in [4.78, 5) is 23.9. The molecule has 6 heteroatoms. The van der Waals surface area contributed by atoms with Gasteiger partial charge in [0, 0.05) is 18.3 Å². The molecule has 1 atom stereocenters. The van der Waals surface area contributed by atoms with E-state index in [1.165, 1.54) is 0 Å². The molecule has 0 aromatic heterocycles. The molecular formula is C15H22ClN3O2. The lowest BCUT2D eigenvalue weighted by atomic mass is 10.0. The van der Waals surface area contributed by atoms with E-state index in [4.69, 9.17) is 0 Å². The van der Waals surface area contributed by atoms with Crippen molar-refractivity contribution >= 4 is 29.9 Å². The summed E-state index contributed by atoms with van der Waals surface area (Å²) >= 11 is 0. The SMILES string of the molecule is CNC(=O)c1cccc(NC(=O)[C@H]2CCCCN2)c1C.Cl. The molecule has 5 nitrogen and oxygen atoms in total. The lowest BCUT2D eigenvalue weighted by Gasteiger charge is -2.23. The topological polar surface area (TPSA) is 70.2 Å². The maximum Gasteiger partial charge on any atom is 0.251 e. The van der Waals surface area contributed by atoms with E-state index in [-0.39, 0.29) is 30.3 Å². The van der Waals surface area contributed by atoms with Gasteiger partial charge in [-0.1, -0.05) is 12.5 Å². The molecule has 1 fully saturated rings. The highest BCUT2D eigenvalue weighted by Crippen LogP contribution is 2.20. The first kappa shape index (κ1) is 17.5. The van der Waals surface area contributed by atoms with E-state index in [2.05, 4.69) is 16.0 Å². The van der Waals surface area contributed by atoms with Gasteiger partial charge in [0.1, 0.15) is 0 Å². The van der Waals surface area contributed by atoms with Crippen LogP contribution in [0.25, 0.3) is 0 Å². The van der Waals surface area contributed by atoms with E-state index in [1.54, 1.807) is 19.2 Å². The second-order valence-electron chi connectivity index (χ2n) is 5.05. The summed E-state index contributed by atoms with van der Waals surface area (Å²) in [6.07, 6.45) is 3.05. The smallest absolute Gasteiger partial charge is 0.251 e. The van der Waals surface area contributed by atoms with E-state index in [0.717, 1.165) is 31.4 Å². The van der Waals surface area contributed by atoms with Crippen molar-refractivity contribution in [3.05, 3.63) is 29.3 Å². The molecule has 0 bridgehead atoms. The summed E-state index contributed by atoms with van der Waals surface area (Å²) in [7, 11) is 1.60. The van der Waals surface area contributed by atoms with Crippen molar-refractivity contribution in [3.8, 4) is 0 Å². The molecule has 1 aliphatic rings. The van der Waals surface area contributed by atoms with Crippen LogP contribution < -0.4 is 16.0 Å². The molecular weight excluding hydrogens is 290 g/mol. The zero-order chi connectivity index (χ0) is 14.5. The Bertz CT molecular complexity index is 514. The third kappa shape index (κ3) is 4.19. The molecule has 0 spiro atoms. The van der Waals surface area contributed by atoms with Crippen molar-refractivity contribution in [2.75, 3.05) is 18.9 Å². The number of hydrogen-bond acceptors (Lipinski definition) is 3. The minimum absolute atomic E-state index is 0. The van der Waals surface area contributed by atoms with Crippen LogP contribution in [0.15, 0.2) is 18.2 Å². The van der Waals surface area contributed by atoms with Crippen molar-refractivity contribution in [1.29, 1.82) is 0 Å². The molecule has 1 saturated heterocycles. The van der Waals surface area contributed by atoms with E-state index < -0.39 is 0 Å². The van der Waals surface area contributed by atoms with Gasteiger partial charge in [-0.3, -0.25) is 9.59 Å². The van der Waals surface area contributed by atoms with Crippen LogP contribution in [0.1, 0.15) is 35.2 Å². The summed E-state index contributed by atoms with van der Waals surface area (Å²) in [6.45, 7) is 2.73. The maximum atomic E-state index is 12.2. The van der Waals surface area contributed by atoms with Crippen LogP contribution >= 0.6 is 12.4 Å². The molecule has 1 heterocycles. The molecule has 3 N–H and O–H groups in total. The van der Waals surface area contributed by atoms with Gasteiger partial charge in [-0.05, 0) is 44.0 Å². The van der Waals surface area contributed by atoms with Gasteiger partial charge in [-0.2, -0.15) is 0 Å². The fraction of sp³-hybridized carbons (Fsp3) is 0.467. The Balaban J connectivity index is 0.00000220. The van der Waals surface area contributed by atoms with Crippen molar-refractivity contribution in [3.63, 3.8) is 0 Å². The quantitative estimate of drug-likeness (QED) is 0.798. The minimum atomic E-state index is -0.144. The van der Waals surface area contributed by atoms with Crippen LogP contribution in [0, 0.1) is 6.92 Å². The number of carbonyl (C=O) groups excluding carboxylic acids is 2. The summed E-state index contributed by atoms with van der Waals surface area (Å²) in [6, 6.07) is 5.22. The zero-order valence-electron chi connectivity index (χ0n) is 12.4. The number of amides is 2. The van der Waals surface area contributed by atoms with Gasteiger partial charge in [0.2, 0.25) is 5.91 Å². The number of hydrogen-bond donors (Lipinski definition) is 3. The Morgan fingerprint density at radius 3 is 2.67 bits per heavy atom. The third-order valence-corrected chi connectivity index (χ3v) is 3.69. The number of benzene rings is 1. The Labute approximate surface area is 131 Å². The molecule has 116 valence electrons. The van der Waals surface area contributed by atoms with Crippen LogP contribution in [0.2, 0.25) is 0 Å². The first-order chi connectivity index (χ1) is 9.63. The normalized spacial score (nSPS) is 17.5. The molecule has 0 aliphatic carbocycles. The molecule has 0 unspecified atom stereocenters. The zero-order valence-corrected chi connectivity index (χ0v) is 13.2. The second-order valence-corrected chi connectivity index (χ2v) is 5.05. The molecule has 21 heavy (non-hydrogen) atoms. The fourth-order valence-electron chi connectivity index (χ4n) is 2.45. The predicted octanol–water partition coefficient (Wildman–Crippen LogP) is 1.86. The standard InChI is InChI=1S/C15H21N3O2.ClH/c1-10-11(14(19)16-2)6-5-8-12(10)18-15(20)13-7-3-4-9-17-13;/h5-6,8,13,17H,3-4,7,9H2,1-2H3,(H,16,19)(H,18,20);1H/t13-;/m1./s1.